The number of nitrogens with zero attached hydrogens (tertiary/aromatic N) is 3. The lowest BCUT2D eigenvalue weighted by molar-refractivity contribution is 0.0475. The van der Waals surface area contributed by atoms with E-state index in [2.05, 4.69) is 31.1 Å². The number of esters is 1. The van der Waals surface area contributed by atoms with Crippen LogP contribution in [0.25, 0.3) is 0 Å². The molecule has 0 unspecified atom stereocenters. The van der Waals surface area contributed by atoms with Crippen LogP contribution in [0, 0.1) is 6.92 Å². The van der Waals surface area contributed by atoms with Crippen molar-refractivity contribution in [3.8, 4) is 0 Å². The molecule has 0 aromatic carbocycles. The second-order valence-corrected chi connectivity index (χ2v) is 5.29. The Morgan fingerprint density at radius 2 is 2.32 bits per heavy atom. The van der Waals surface area contributed by atoms with Gasteiger partial charge in [0.25, 0.3) is 5.22 Å². The lowest BCUT2D eigenvalue weighted by atomic mass is 10.3. The number of carbonyl (C=O) groups is 1. The monoisotopic (exact) mass is 343 g/mol. The third-order valence-corrected chi connectivity index (χ3v) is 3.71. The Bertz CT molecular complexity index is 603. The summed E-state index contributed by atoms with van der Waals surface area (Å²) >= 11 is 4.57. The van der Waals surface area contributed by atoms with E-state index >= 15 is 0 Å². The topological polar surface area (TPSA) is 78.1 Å². The summed E-state index contributed by atoms with van der Waals surface area (Å²) in [4.78, 5) is 15.6. The summed E-state index contributed by atoms with van der Waals surface area (Å²) in [5.74, 6) is -0.787. The Labute approximate surface area is 122 Å². The van der Waals surface area contributed by atoms with Gasteiger partial charge >= 0.3 is 11.9 Å². The molecule has 0 atom stereocenters. The number of ether oxygens (including phenoxy) is 1. The molecule has 0 fully saturated rings. The molecule has 2 rings (SSSR count). The highest BCUT2D eigenvalue weighted by Gasteiger charge is 2.17. The molecule has 0 amide bonds. The molecule has 0 saturated carbocycles. The van der Waals surface area contributed by atoms with Crippen LogP contribution in [0.1, 0.15) is 23.2 Å². The van der Waals surface area contributed by atoms with Crippen LogP contribution in [0.4, 0.5) is 0 Å². The van der Waals surface area contributed by atoms with Gasteiger partial charge in [0.15, 0.2) is 0 Å². The van der Waals surface area contributed by atoms with E-state index in [4.69, 9.17) is 9.15 Å². The van der Waals surface area contributed by atoms with E-state index in [1.54, 1.807) is 13.1 Å². The van der Waals surface area contributed by atoms with Crippen LogP contribution in [-0.2, 0) is 4.74 Å². The minimum atomic E-state index is -0.627. The third-order valence-electron chi connectivity index (χ3n) is 1.98. The standard InChI is InChI=1S/C11H10BrN3O3S/c1-3-17-10(16)8-14-15-11(18-8)19-9-7(12)4-6(2)5-13-9/h4-5H,3H2,1-2H3. The minimum Gasteiger partial charge on any atom is -0.459 e. The molecular weight excluding hydrogens is 334 g/mol. The first kappa shape index (κ1) is 14.0. The second-order valence-electron chi connectivity index (χ2n) is 3.50. The highest BCUT2D eigenvalue weighted by molar-refractivity contribution is 9.10. The number of halogens is 1. The van der Waals surface area contributed by atoms with E-state index in [0.717, 1.165) is 10.0 Å². The van der Waals surface area contributed by atoms with Gasteiger partial charge in [-0.25, -0.2) is 9.78 Å². The summed E-state index contributed by atoms with van der Waals surface area (Å²) in [5, 5.41) is 8.31. The van der Waals surface area contributed by atoms with Gasteiger partial charge < -0.3 is 9.15 Å². The van der Waals surface area contributed by atoms with Crippen molar-refractivity contribution in [3.05, 3.63) is 28.2 Å². The highest BCUT2D eigenvalue weighted by atomic mass is 79.9. The number of pyridine rings is 1. The first-order chi connectivity index (χ1) is 9.10. The average Bonchev–Trinajstić information content (AvgIpc) is 2.82. The maximum absolute atomic E-state index is 11.4. The molecule has 2 heterocycles. The molecule has 0 spiro atoms. The van der Waals surface area contributed by atoms with Gasteiger partial charge in [-0.3, -0.25) is 0 Å². The fourth-order valence-corrected chi connectivity index (χ4v) is 2.54. The van der Waals surface area contributed by atoms with Crippen molar-refractivity contribution in [2.75, 3.05) is 6.61 Å². The lowest BCUT2D eigenvalue weighted by Crippen LogP contribution is -2.04. The summed E-state index contributed by atoms with van der Waals surface area (Å²) in [6, 6.07) is 1.93. The van der Waals surface area contributed by atoms with Crippen LogP contribution in [-0.4, -0.2) is 27.8 Å². The Balaban J connectivity index is 2.13. The van der Waals surface area contributed by atoms with Crippen LogP contribution in [0.15, 0.2) is 31.4 Å². The maximum Gasteiger partial charge on any atom is 0.396 e. The van der Waals surface area contributed by atoms with E-state index < -0.39 is 5.97 Å². The molecule has 0 aliphatic carbocycles. The van der Waals surface area contributed by atoms with Crippen LogP contribution >= 0.6 is 27.7 Å². The van der Waals surface area contributed by atoms with E-state index in [9.17, 15) is 4.79 Å². The number of aromatic nitrogens is 3. The van der Waals surface area contributed by atoms with Gasteiger partial charge in [0.05, 0.1) is 11.1 Å². The van der Waals surface area contributed by atoms with Gasteiger partial charge in [0.1, 0.15) is 5.03 Å². The summed E-state index contributed by atoms with van der Waals surface area (Å²) in [6.07, 6.45) is 1.73. The van der Waals surface area contributed by atoms with Crippen molar-refractivity contribution in [1.82, 2.24) is 15.2 Å². The number of carbonyl (C=O) groups excluding carboxylic acids is 1. The van der Waals surface area contributed by atoms with Crippen LogP contribution in [0.2, 0.25) is 0 Å². The van der Waals surface area contributed by atoms with E-state index in [-0.39, 0.29) is 17.7 Å². The number of rotatable bonds is 4. The second kappa shape index (κ2) is 6.16. The van der Waals surface area contributed by atoms with E-state index in [0.29, 0.717) is 5.03 Å². The molecule has 0 bridgehead atoms. The molecule has 0 radical (unpaired) electrons. The normalized spacial score (nSPS) is 10.5. The third kappa shape index (κ3) is 3.54. The summed E-state index contributed by atoms with van der Waals surface area (Å²) in [6.45, 7) is 3.91. The number of hydrogen-bond acceptors (Lipinski definition) is 7. The Morgan fingerprint density at radius 3 is 3.00 bits per heavy atom. The molecule has 6 nitrogen and oxygen atoms in total. The predicted octanol–water partition coefficient (Wildman–Crippen LogP) is 2.86. The van der Waals surface area contributed by atoms with Gasteiger partial charge in [0.2, 0.25) is 0 Å². The molecule has 0 aliphatic heterocycles. The molecule has 2 aromatic rings. The molecule has 8 heteroatoms. The predicted molar refractivity (Wildman–Crippen MR) is 71.1 cm³/mol. The van der Waals surface area contributed by atoms with Gasteiger partial charge in [0, 0.05) is 6.20 Å². The largest absolute Gasteiger partial charge is 0.459 e. The Morgan fingerprint density at radius 1 is 1.53 bits per heavy atom. The zero-order valence-electron chi connectivity index (χ0n) is 10.2. The lowest BCUT2D eigenvalue weighted by Gasteiger charge is -2.00. The van der Waals surface area contributed by atoms with Crippen molar-refractivity contribution in [3.63, 3.8) is 0 Å². The van der Waals surface area contributed by atoms with Crippen LogP contribution < -0.4 is 0 Å². The summed E-state index contributed by atoms with van der Waals surface area (Å²) in [5.41, 5.74) is 1.04. The zero-order chi connectivity index (χ0) is 13.8. The van der Waals surface area contributed by atoms with Crippen molar-refractivity contribution < 1.29 is 13.9 Å². The minimum absolute atomic E-state index is 0.160. The summed E-state index contributed by atoms with van der Waals surface area (Å²) in [7, 11) is 0. The fraction of sp³-hybridized carbons (Fsp3) is 0.273. The van der Waals surface area contributed by atoms with Crippen molar-refractivity contribution >= 4 is 33.7 Å². The quantitative estimate of drug-likeness (QED) is 0.789. The number of aryl methyl sites for hydroxylation is 1. The van der Waals surface area contributed by atoms with E-state index in [1.165, 1.54) is 11.8 Å². The number of hydrogen-bond donors (Lipinski definition) is 0. The maximum atomic E-state index is 11.4. The molecule has 0 aliphatic rings. The first-order valence-corrected chi connectivity index (χ1v) is 7.01. The molecule has 19 heavy (non-hydrogen) atoms. The van der Waals surface area contributed by atoms with Gasteiger partial charge in [-0.05, 0) is 53.2 Å². The Hall–Kier alpha value is -1.41. The molecule has 100 valence electrons. The Kier molecular flexibility index (Phi) is 4.54. The average molecular weight is 344 g/mol. The molecule has 0 saturated heterocycles. The van der Waals surface area contributed by atoms with Crippen LogP contribution in [0.5, 0.6) is 0 Å². The van der Waals surface area contributed by atoms with Crippen molar-refractivity contribution in [2.24, 2.45) is 0 Å². The fourth-order valence-electron chi connectivity index (χ4n) is 1.21. The van der Waals surface area contributed by atoms with Gasteiger partial charge in [-0.2, -0.15) is 0 Å². The first-order valence-electron chi connectivity index (χ1n) is 5.40. The smallest absolute Gasteiger partial charge is 0.396 e. The summed E-state index contributed by atoms with van der Waals surface area (Å²) < 4.78 is 10.8. The van der Waals surface area contributed by atoms with E-state index in [1.807, 2.05) is 13.0 Å². The van der Waals surface area contributed by atoms with Crippen LogP contribution in [0.3, 0.4) is 0 Å². The molecular formula is C11H10BrN3O3S. The molecule has 0 N–H and O–H groups in total. The SMILES string of the molecule is CCOC(=O)c1nnc(Sc2ncc(C)cc2Br)o1. The van der Waals surface area contributed by atoms with Gasteiger partial charge in [-0.15, -0.1) is 5.10 Å². The van der Waals surface area contributed by atoms with Crippen molar-refractivity contribution in [1.29, 1.82) is 0 Å². The van der Waals surface area contributed by atoms with Gasteiger partial charge in [-0.1, -0.05) is 5.10 Å². The molecule has 2 aromatic heterocycles. The zero-order valence-corrected chi connectivity index (χ0v) is 12.6. The van der Waals surface area contributed by atoms with Crippen molar-refractivity contribution in [2.45, 2.75) is 24.1 Å². The highest BCUT2D eigenvalue weighted by Crippen LogP contribution is 2.31.